The SMILES string of the molecule is CC[C@H](N)C(=O)N1CCCc2c(C(=O)O)cccc21. The third kappa shape index (κ3) is 2.46. The fraction of sp³-hybridized carbons (Fsp3) is 0.429. The summed E-state index contributed by atoms with van der Waals surface area (Å²) in [6.45, 7) is 2.46. The van der Waals surface area contributed by atoms with Crippen LogP contribution in [0.5, 0.6) is 0 Å². The Balaban J connectivity index is 2.43. The van der Waals surface area contributed by atoms with Gasteiger partial charge in [0.25, 0.3) is 0 Å². The van der Waals surface area contributed by atoms with Crippen LogP contribution in [-0.2, 0) is 11.2 Å². The van der Waals surface area contributed by atoms with Crippen molar-refractivity contribution in [1.82, 2.24) is 0 Å². The largest absolute Gasteiger partial charge is 0.478 e. The van der Waals surface area contributed by atoms with Gasteiger partial charge in [-0.25, -0.2) is 4.79 Å². The highest BCUT2D eigenvalue weighted by atomic mass is 16.4. The highest BCUT2D eigenvalue weighted by Crippen LogP contribution is 2.30. The van der Waals surface area contributed by atoms with Gasteiger partial charge in [-0.2, -0.15) is 0 Å². The van der Waals surface area contributed by atoms with E-state index in [9.17, 15) is 14.7 Å². The summed E-state index contributed by atoms with van der Waals surface area (Å²) in [5.41, 5.74) is 7.50. The summed E-state index contributed by atoms with van der Waals surface area (Å²) in [4.78, 5) is 25.1. The molecule has 0 unspecified atom stereocenters. The fourth-order valence-corrected chi connectivity index (χ4v) is 2.43. The second-order valence-corrected chi connectivity index (χ2v) is 4.72. The van der Waals surface area contributed by atoms with E-state index in [0.29, 0.717) is 25.1 Å². The quantitative estimate of drug-likeness (QED) is 0.862. The van der Waals surface area contributed by atoms with Gasteiger partial charge >= 0.3 is 5.97 Å². The van der Waals surface area contributed by atoms with Crippen LogP contribution in [0.3, 0.4) is 0 Å². The number of anilines is 1. The van der Waals surface area contributed by atoms with Gasteiger partial charge in [0.1, 0.15) is 0 Å². The number of aromatic carboxylic acids is 1. The summed E-state index contributed by atoms with van der Waals surface area (Å²) in [5.74, 6) is -1.09. The normalized spacial score (nSPS) is 15.8. The number of carboxylic acids is 1. The van der Waals surface area contributed by atoms with Crippen LogP contribution in [-0.4, -0.2) is 29.6 Å². The first-order valence-corrected chi connectivity index (χ1v) is 6.48. The zero-order valence-electron chi connectivity index (χ0n) is 10.9. The van der Waals surface area contributed by atoms with Gasteiger partial charge in [-0.15, -0.1) is 0 Å². The maximum Gasteiger partial charge on any atom is 0.336 e. The fourth-order valence-electron chi connectivity index (χ4n) is 2.43. The van der Waals surface area contributed by atoms with Crippen LogP contribution in [0.4, 0.5) is 5.69 Å². The van der Waals surface area contributed by atoms with Gasteiger partial charge in [0, 0.05) is 12.2 Å². The van der Waals surface area contributed by atoms with E-state index in [1.165, 1.54) is 0 Å². The Morgan fingerprint density at radius 2 is 2.21 bits per heavy atom. The molecule has 0 saturated heterocycles. The molecule has 1 amide bonds. The van der Waals surface area contributed by atoms with Crippen LogP contribution < -0.4 is 10.6 Å². The molecule has 2 rings (SSSR count). The molecule has 1 aromatic carbocycles. The summed E-state index contributed by atoms with van der Waals surface area (Å²) in [6, 6.07) is 4.51. The first-order valence-electron chi connectivity index (χ1n) is 6.48. The van der Waals surface area contributed by atoms with Crippen LogP contribution in [0.2, 0.25) is 0 Å². The minimum Gasteiger partial charge on any atom is -0.478 e. The molecular weight excluding hydrogens is 244 g/mol. The van der Waals surface area contributed by atoms with Crippen LogP contribution in [0.25, 0.3) is 0 Å². The number of benzene rings is 1. The second kappa shape index (κ2) is 5.40. The Morgan fingerprint density at radius 3 is 2.84 bits per heavy atom. The molecule has 1 atom stereocenters. The van der Waals surface area contributed by atoms with Crippen molar-refractivity contribution in [2.24, 2.45) is 5.73 Å². The smallest absolute Gasteiger partial charge is 0.336 e. The topological polar surface area (TPSA) is 83.6 Å². The van der Waals surface area contributed by atoms with Crippen molar-refractivity contribution in [2.75, 3.05) is 11.4 Å². The summed E-state index contributed by atoms with van der Waals surface area (Å²) in [5, 5.41) is 9.19. The third-order valence-electron chi connectivity index (χ3n) is 3.50. The second-order valence-electron chi connectivity index (χ2n) is 4.72. The summed E-state index contributed by atoms with van der Waals surface area (Å²) in [7, 11) is 0. The predicted octanol–water partition coefficient (Wildman–Crippen LogP) is 1.40. The highest BCUT2D eigenvalue weighted by Gasteiger charge is 2.28. The number of carboxylic acid groups (broad SMARTS) is 1. The lowest BCUT2D eigenvalue weighted by Crippen LogP contribution is -2.46. The Hall–Kier alpha value is -1.88. The predicted molar refractivity (Wildman–Crippen MR) is 72.3 cm³/mol. The average Bonchev–Trinajstić information content (AvgIpc) is 2.44. The summed E-state index contributed by atoms with van der Waals surface area (Å²) < 4.78 is 0. The maximum absolute atomic E-state index is 12.2. The van der Waals surface area contributed by atoms with Crippen molar-refractivity contribution in [1.29, 1.82) is 0 Å². The number of hydrogen-bond acceptors (Lipinski definition) is 3. The van der Waals surface area contributed by atoms with Crippen LogP contribution in [0, 0.1) is 0 Å². The third-order valence-corrected chi connectivity index (χ3v) is 3.50. The highest BCUT2D eigenvalue weighted by molar-refractivity contribution is 6.00. The van der Waals surface area contributed by atoms with E-state index >= 15 is 0 Å². The molecule has 0 radical (unpaired) electrons. The van der Waals surface area contributed by atoms with Gasteiger partial charge in [0.15, 0.2) is 0 Å². The number of carbonyl (C=O) groups is 2. The van der Waals surface area contributed by atoms with Crippen molar-refractivity contribution >= 4 is 17.6 Å². The van der Waals surface area contributed by atoms with Crippen molar-refractivity contribution in [3.8, 4) is 0 Å². The van der Waals surface area contributed by atoms with Crippen LogP contribution in [0.1, 0.15) is 35.7 Å². The molecule has 0 aliphatic carbocycles. The molecule has 102 valence electrons. The average molecular weight is 262 g/mol. The molecule has 0 bridgehead atoms. The van der Waals surface area contributed by atoms with Gasteiger partial charge < -0.3 is 15.7 Å². The van der Waals surface area contributed by atoms with E-state index in [1.54, 1.807) is 23.1 Å². The minimum atomic E-state index is -0.953. The number of nitrogens with zero attached hydrogens (tertiary/aromatic N) is 1. The van der Waals surface area contributed by atoms with E-state index in [4.69, 9.17) is 5.73 Å². The van der Waals surface area contributed by atoms with Crippen molar-refractivity contribution < 1.29 is 14.7 Å². The molecule has 5 heteroatoms. The number of amides is 1. The van der Waals surface area contributed by atoms with E-state index in [0.717, 1.165) is 12.0 Å². The van der Waals surface area contributed by atoms with E-state index in [-0.39, 0.29) is 11.5 Å². The lowest BCUT2D eigenvalue weighted by atomic mass is 9.95. The molecular formula is C14H18N2O3. The molecule has 1 heterocycles. The lowest BCUT2D eigenvalue weighted by Gasteiger charge is -2.31. The molecule has 0 spiro atoms. The zero-order chi connectivity index (χ0) is 14.0. The molecule has 5 nitrogen and oxygen atoms in total. The van der Waals surface area contributed by atoms with Gasteiger partial charge in [0.2, 0.25) is 5.91 Å². The van der Waals surface area contributed by atoms with Crippen LogP contribution >= 0.6 is 0 Å². The minimum absolute atomic E-state index is 0.133. The molecule has 3 N–H and O–H groups in total. The number of rotatable bonds is 3. The molecule has 0 fully saturated rings. The van der Waals surface area contributed by atoms with Gasteiger partial charge in [-0.05, 0) is 37.0 Å². The zero-order valence-corrected chi connectivity index (χ0v) is 10.9. The van der Waals surface area contributed by atoms with Gasteiger partial charge in [0.05, 0.1) is 11.6 Å². The van der Waals surface area contributed by atoms with Crippen LogP contribution in [0.15, 0.2) is 18.2 Å². The first kappa shape index (κ1) is 13.5. The number of hydrogen-bond donors (Lipinski definition) is 2. The summed E-state index contributed by atoms with van der Waals surface area (Å²) >= 11 is 0. The first-order chi connectivity index (χ1) is 9.06. The molecule has 0 saturated carbocycles. The lowest BCUT2D eigenvalue weighted by molar-refractivity contribution is -0.120. The van der Waals surface area contributed by atoms with Crippen molar-refractivity contribution in [3.05, 3.63) is 29.3 Å². The van der Waals surface area contributed by atoms with Crippen molar-refractivity contribution in [2.45, 2.75) is 32.2 Å². The van der Waals surface area contributed by atoms with E-state index in [1.807, 2.05) is 6.92 Å². The standard InChI is InChI=1S/C14H18N2O3/c1-2-11(15)13(17)16-8-4-6-9-10(14(18)19)5-3-7-12(9)16/h3,5,7,11H,2,4,6,8,15H2,1H3,(H,18,19)/t11-/m0/s1. The van der Waals surface area contributed by atoms with Gasteiger partial charge in [-0.3, -0.25) is 4.79 Å². The van der Waals surface area contributed by atoms with Gasteiger partial charge in [-0.1, -0.05) is 13.0 Å². The number of nitrogens with two attached hydrogens (primary N) is 1. The molecule has 1 aliphatic rings. The summed E-state index contributed by atoms with van der Waals surface area (Å²) in [6.07, 6.45) is 2.02. The Labute approximate surface area is 112 Å². The number of carbonyl (C=O) groups excluding carboxylic acids is 1. The molecule has 19 heavy (non-hydrogen) atoms. The van der Waals surface area contributed by atoms with E-state index < -0.39 is 12.0 Å². The molecule has 1 aromatic rings. The molecule has 0 aromatic heterocycles. The maximum atomic E-state index is 12.2. The molecule has 1 aliphatic heterocycles. The Morgan fingerprint density at radius 1 is 1.47 bits per heavy atom. The Kier molecular flexibility index (Phi) is 3.85. The van der Waals surface area contributed by atoms with E-state index in [2.05, 4.69) is 0 Å². The number of fused-ring (bicyclic) bond motifs is 1. The van der Waals surface area contributed by atoms with Crippen molar-refractivity contribution in [3.63, 3.8) is 0 Å². The monoisotopic (exact) mass is 262 g/mol. The Bertz CT molecular complexity index is 513.